The van der Waals surface area contributed by atoms with Crippen LogP contribution < -0.4 is 4.72 Å². The minimum Gasteiger partial charge on any atom is -0.481 e. The van der Waals surface area contributed by atoms with Crippen LogP contribution in [0.1, 0.15) is 26.7 Å². The van der Waals surface area contributed by atoms with Crippen molar-refractivity contribution in [2.24, 2.45) is 11.8 Å². The number of rotatable bonds is 8. The third-order valence-corrected chi connectivity index (χ3v) is 5.41. The first-order chi connectivity index (χ1) is 8.81. The summed E-state index contributed by atoms with van der Waals surface area (Å²) >= 11 is 1.14. The Labute approximate surface area is 117 Å². The molecule has 1 rings (SSSR count). The summed E-state index contributed by atoms with van der Waals surface area (Å²) in [5.41, 5.74) is 0. The molecule has 1 atom stereocenters. The Morgan fingerprint density at radius 1 is 1.47 bits per heavy atom. The highest BCUT2D eigenvalue weighted by Gasteiger charge is 2.20. The molecule has 2 N–H and O–H groups in total. The average Bonchev–Trinajstić information content (AvgIpc) is 2.78. The number of nitrogens with one attached hydrogen (secondary N) is 1. The Morgan fingerprint density at radius 3 is 2.63 bits per heavy atom. The molecule has 0 amide bonds. The van der Waals surface area contributed by atoms with Crippen molar-refractivity contribution in [1.82, 2.24) is 4.72 Å². The Hall–Kier alpha value is -0.920. The van der Waals surface area contributed by atoms with Crippen molar-refractivity contribution in [3.8, 4) is 0 Å². The molecule has 0 saturated heterocycles. The van der Waals surface area contributed by atoms with Gasteiger partial charge in [-0.05, 0) is 29.7 Å². The molecule has 1 aromatic heterocycles. The summed E-state index contributed by atoms with van der Waals surface area (Å²) in [5, 5.41) is 10.5. The van der Waals surface area contributed by atoms with Gasteiger partial charge in [0.25, 0.3) is 0 Å². The number of sulfonamides is 1. The molecule has 108 valence electrons. The molecule has 0 aliphatic heterocycles. The molecule has 0 bridgehead atoms. The maximum Gasteiger partial charge on any atom is 0.303 e. The summed E-state index contributed by atoms with van der Waals surface area (Å²) in [6.45, 7) is 4.13. The summed E-state index contributed by atoms with van der Waals surface area (Å²) in [6.07, 6.45) is 0.657. The lowest BCUT2D eigenvalue weighted by atomic mass is 9.94. The lowest BCUT2D eigenvalue weighted by Gasteiger charge is -2.17. The fourth-order valence-corrected chi connectivity index (χ4v) is 4.02. The maximum absolute atomic E-state index is 11.9. The minimum atomic E-state index is -3.51. The van der Waals surface area contributed by atoms with Gasteiger partial charge in [-0.1, -0.05) is 19.9 Å². The number of thiophene rings is 1. The summed E-state index contributed by atoms with van der Waals surface area (Å²) in [7, 11) is -3.51. The Balaban J connectivity index is 2.63. The molecule has 0 saturated carbocycles. The first kappa shape index (κ1) is 16.1. The van der Waals surface area contributed by atoms with E-state index in [1.54, 1.807) is 11.4 Å². The van der Waals surface area contributed by atoms with E-state index in [0.717, 1.165) is 11.3 Å². The Bertz CT molecular complexity index is 494. The molecule has 0 aliphatic carbocycles. The van der Waals surface area contributed by atoms with Crippen molar-refractivity contribution in [3.63, 3.8) is 0 Å². The van der Waals surface area contributed by atoms with Crippen molar-refractivity contribution in [2.75, 3.05) is 6.54 Å². The molecule has 0 radical (unpaired) electrons. The van der Waals surface area contributed by atoms with E-state index in [0.29, 0.717) is 12.3 Å². The lowest BCUT2D eigenvalue weighted by molar-refractivity contribution is -0.138. The largest absolute Gasteiger partial charge is 0.481 e. The zero-order chi connectivity index (χ0) is 14.5. The summed E-state index contributed by atoms with van der Waals surface area (Å²) in [4.78, 5) is 10.8. The average molecular weight is 305 g/mol. The van der Waals surface area contributed by atoms with E-state index in [1.807, 2.05) is 13.8 Å². The van der Waals surface area contributed by atoms with Gasteiger partial charge in [-0.2, -0.15) is 0 Å². The van der Waals surface area contributed by atoms with Crippen LogP contribution in [0.25, 0.3) is 0 Å². The smallest absolute Gasteiger partial charge is 0.303 e. The number of carbonyl (C=O) groups is 1. The third-order valence-electron chi connectivity index (χ3n) is 2.59. The van der Waals surface area contributed by atoms with Gasteiger partial charge in [-0.15, -0.1) is 11.3 Å². The zero-order valence-corrected chi connectivity index (χ0v) is 12.6. The van der Waals surface area contributed by atoms with E-state index in [2.05, 4.69) is 4.72 Å². The number of hydrogen-bond donors (Lipinski definition) is 2. The Morgan fingerprint density at radius 2 is 2.16 bits per heavy atom. The Kier molecular flexibility index (Phi) is 5.96. The predicted octanol–water partition coefficient (Wildman–Crippen LogP) is 2.16. The molecule has 0 aromatic carbocycles. The molecule has 5 nitrogen and oxygen atoms in total. The first-order valence-electron chi connectivity index (χ1n) is 6.06. The maximum atomic E-state index is 11.9. The molecule has 0 fully saturated rings. The van der Waals surface area contributed by atoms with E-state index in [9.17, 15) is 13.2 Å². The van der Waals surface area contributed by atoms with Crippen LogP contribution in [0.5, 0.6) is 0 Å². The topological polar surface area (TPSA) is 83.5 Å². The molecular formula is C12H19NO4S2. The first-order valence-corrected chi connectivity index (χ1v) is 8.42. The number of aliphatic carboxylic acids is 1. The monoisotopic (exact) mass is 305 g/mol. The van der Waals surface area contributed by atoms with Crippen molar-refractivity contribution in [2.45, 2.75) is 30.9 Å². The molecule has 0 spiro atoms. The van der Waals surface area contributed by atoms with Gasteiger partial charge in [0.05, 0.1) is 0 Å². The van der Waals surface area contributed by atoms with Gasteiger partial charge < -0.3 is 5.11 Å². The highest BCUT2D eigenvalue weighted by Crippen LogP contribution is 2.18. The quantitative estimate of drug-likeness (QED) is 0.771. The summed E-state index contributed by atoms with van der Waals surface area (Å²) in [6, 6.07) is 3.20. The van der Waals surface area contributed by atoms with Gasteiger partial charge in [0, 0.05) is 13.0 Å². The number of hydrogen-bond acceptors (Lipinski definition) is 4. The van der Waals surface area contributed by atoms with Gasteiger partial charge in [0.2, 0.25) is 10.0 Å². The second-order valence-corrected chi connectivity index (χ2v) is 7.82. The molecule has 1 heterocycles. The second kappa shape index (κ2) is 7.02. The second-order valence-electron chi connectivity index (χ2n) is 4.88. The van der Waals surface area contributed by atoms with Gasteiger partial charge >= 0.3 is 5.97 Å². The van der Waals surface area contributed by atoms with Crippen molar-refractivity contribution in [1.29, 1.82) is 0 Å². The van der Waals surface area contributed by atoms with Crippen LogP contribution in [0, 0.1) is 11.8 Å². The fourth-order valence-electron chi connectivity index (χ4n) is 1.87. The van der Waals surface area contributed by atoms with Crippen LogP contribution in [0.15, 0.2) is 21.7 Å². The lowest BCUT2D eigenvalue weighted by Crippen LogP contribution is -2.30. The third kappa shape index (κ3) is 5.71. The molecule has 19 heavy (non-hydrogen) atoms. The standard InChI is InChI=1S/C12H19NO4S2/c1-9(2)6-10(7-11(14)15)8-13-19(16,17)12-4-3-5-18-12/h3-5,9-10,13H,6-8H2,1-2H3,(H,14,15)/t10-/m0/s1. The SMILES string of the molecule is CC(C)C[C@H](CNS(=O)(=O)c1cccs1)CC(=O)O. The van der Waals surface area contributed by atoms with E-state index < -0.39 is 16.0 Å². The fraction of sp³-hybridized carbons (Fsp3) is 0.583. The molecule has 7 heteroatoms. The van der Waals surface area contributed by atoms with Crippen LogP contribution in [0.2, 0.25) is 0 Å². The van der Waals surface area contributed by atoms with Crippen LogP contribution in [0.3, 0.4) is 0 Å². The highest BCUT2D eigenvalue weighted by molar-refractivity contribution is 7.91. The molecule has 0 aliphatic rings. The van der Waals surface area contributed by atoms with Crippen molar-refractivity contribution < 1.29 is 18.3 Å². The summed E-state index contributed by atoms with van der Waals surface area (Å²) in [5.74, 6) is -0.760. The van der Waals surface area contributed by atoms with Crippen molar-refractivity contribution in [3.05, 3.63) is 17.5 Å². The predicted molar refractivity (Wildman–Crippen MR) is 74.7 cm³/mol. The van der Waals surface area contributed by atoms with Crippen LogP contribution in [0.4, 0.5) is 0 Å². The highest BCUT2D eigenvalue weighted by atomic mass is 32.2. The normalized spacial score (nSPS) is 13.6. The van der Waals surface area contributed by atoms with Crippen LogP contribution in [-0.2, 0) is 14.8 Å². The van der Waals surface area contributed by atoms with Crippen LogP contribution in [-0.4, -0.2) is 26.0 Å². The molecular weight excluding hydrogens is 286 g/mol. The van der Waals surface area contributed by atoms with Crippen LogP contribution >= 0.6 is 11.3 Å². The van der Waals surface area contributed by atoms with Gasteiger partial charge in [0.1, 0.15) is 4.21 Å². The molecule has 0 unspecified atom stereocenters. The van der Waals surface area contributed by atoms with E-state index in [-0.39, 0.29) is 23.1 Å². The number of carboxylic acids is 1. The summed E-state index contributed by atoms with van der Waals surface area (Å²) < 4.78 is 26.6. The van der Waals surface area contributed by atoms with Gasteiger partial charge in [-0.25, -0.2) is 13.1 Å². The zero-order valence-electron chi connectivity index (χ0n) is 11.0. The minimum absolute atomic E-state index is 0.0227. The van der Waals surface area contributed by atoms with Crippen molar-refractivity contribution >= 4 is 27.3 Å². The molecule has 1 aromatic rings. The van der Waals surface area contributed by atoms with E-state index in [1.165, 1.54) is 6.07 Å². The van der Waals surface area contributed by atoms with E-state index >= 15 is 0 Å². The number of carboxylic acid groups (broad SMARTS) is 1. The van der Waals surface area contributed by atoms with Gasteiger partial charge in [-0.3, -0.25) is 4.79 Å². The van der Waals surface area contributed by atoms with E-state index in [4.69, 9.17) is 5.11 Å². The van der Waals surface area contributed by atoms with Gasteiger partial charge in [0.15, 0.2) is 0 Å².